The van der Waals surface area contributed by atoms with Gasteiger partial charge in [0.15, 0.2) is 26.1 Å². The third-order valence-corrected chi connectivity index (χ3v) is 8.04. The van der Waals surface area contributed by atoms with E-state index in [-0.39, 0.29) is 36.6 Å². The number of carbonyl (C=O) groups excluding carboxylic acids is 2. The summed E-state index contributed by atoms with van der Waals surface area (Å²) in [6, 6.07) is 10.1. The number of aromatic nitrogens is 1. The Balaban J connectivity index is 1.86. The van der Waals surface area contributed by atoms with Gasteiger partial charge in [0.1, 0.15) is 6.54 Å². The van der Waals surface area contributed by atoms with Crippen molar-refractivity contribution in [2.75, 3.05) is 26.6 Å². The number of fused-ring (bicyclic) bond motifs is 1. The number of ether oxygens (including phenoxy) is 3. The topological polar surface area (TPSA) is 113 Å². The summed E-state index contributed by atoms with van der Waals surface area (Å²) in [5, 5.41) is 0. The number of methoxy groups -OCH3 is 2. The molecule has 0 aliphatic carbocycles. The molecule has 2 aromatic carbocycles. The van der Waals surface area contributed by atoms with E-state index in [9.17, 15) is 18.0 Å². The van der Waals surface area contributed by atoms with Crippen molar-refractivity contribution >= 4 is 43.3 Å². The van der Waals surface area contributed by atoms with E-state index in [0.717, 1.165) is 10.3 Å². The second-order valence-electron chi connectivity index (χ2n) is 7.69. The minimum Gasteiger partial charge on any atom is -0.493 e. The first-order valence-corrected chi connectivity index (χ1v) is 13.4. The zero-order valence-corrected chi connectivity index (χ0v) is 21.7. The normalized spacial score (nSPS) is 12.1. The molecule has 1 aromatic heterocycles. The number of benzene rings is 2. The standard InChI is InChI=1S/C24H28N2O7S2/c1-5-33-23(28)15-26-18-13-19(31-3)20(32-4)14-21(18)34-24(26)25-22(27)7-6-12-35(29,30)17-10-8-16(2)9-11-17/h8-11,13-14H,5-7,12,15H2,1-4H3. The van der Waals surface area contributed by atoms with Crippen molar-refractivity contribution < 1.29 is 32.2 Å². The Morgan fingerprint density at radius 2 is 1.71 bits per heavy atom. The number of sulfone groups is 1. The number of amides is 1. The quantitative estimate of drug-likeness (QED) is 0.377. The van der Waals surface area contributed by atoms with Crippen molar-refractivity contribution in [2.24, 2.45) is 4.99 Å². The smallest absolute Gasteiger partial charge is 0.326 e. The Bertz CT molecular complexity index is 1390. The van der Waals surface area contributed by atoms with Crippen LogP contribution in [-0.2, 0) is 30.7 Å². The Hall–Kier alpha value is -3.18. The molecular formula is C24H28N2O7S2. The fourth-order valence-corrected chi connectivity index (χ4v) is 5.78. The number of nitrogens with zero attached hydrogens (tertiary/aromatic N) is 2. The highest BCUT2D eigenvalue weighted by Gasteiger charge is 2.17. The summed E-state index contributed by atoms with van der Waals surface area (Å²) in [5.41, 5.74) is 1.60. The molecule has 0 atom stereocenters. The molecule has 0 aliphatic heterocycles. The van der Waals surface area contributed by atoms with Gasteiger partial charge in [0.05, 0.1) is 41.7 Å². The van der Waals surface area contributed by atoms with Crippen molar-refractivity contribution in [1.82, 2.24) is 4.57 Å². The van der Waals surface area contributed by atoms with Crippen LogP contribution in [0.3, 0.4) is 0 Å². The van der Waals surface area contributed by atoms with E-state index in [1.165, 1.54) is 25.6 Å². The van der Waals surface area contributed by atoms with Gasteiger partial charge in [-0.15, -0.1) is 0 Å². The molecule has 11 heteroatoms. The van der Waals surface area contributed by atoms with E-state index in [0.29, 0.717) is 21.8 Å². The van der Waals surface area contributed by atoms with E-state index in [2.05, 4.69) is 4.99 Å². The third kappa shape index (κ3) is 6.49. The summed E-state index contributed by atoms with van der Waals surface area (Å²) in [6.45, 7) is 3.67. The summed E-state index contributed by atoms with van der Waals surface area (Å²) in [7, 11) is -0.475. The highest BCUT2D eigenvalue weighted by molar-refractivity contribution is 7.91. The number of thiazole rings is 1. The van der Waals surface area contributed by atoms with Gasteiger partial charge < -0.3 is 18.8 Å². The molecule has 9 nitrogen and oxygen atoms in total. The lowest BCUT2D eigenvalue weighted by Crippen LogP contribution is -2.23. The second kappa shape index (κ2) is 11.5. The van der Waals surface area contributed by atoms with Gasteiger partial charge in [-0.05, 0) is 32.4 Å². The summed E-state index contributed by atoms with van der Waals surface area (Å²) in [5.74, 6) is -0.147. The predicted octanol–water partition coefficient (Wildman–Crippen LogP) is 3.27. The van der Waals surface area contributed by atoms with Gasteiger partial charge in [-0.1, -0.05) is 29.0 Å². The van der Waals surface area contributed by atoms with E-state index in [1.54, 1.807) is 47.9 Å². The summed E-state index contributed by atoms with van der Waals surface area (Å²) >= 11 is 1.21. The number of aryl methyl sites for hydroxylation is 1. The maximum Gasteiger partial charge on any atom is 0.326 e. The Morgan fingerprint density at radius 1 is 1.06 bits per heavy atom. The minimum absolute atomic E-state index is 0.0502. The van der Waals surface area contributed by atoms with Gasteiger partial charge in [-0.2, -0.15) is 4.99 Å². The summed E-state index contributed by atoms with van der Waals surface area (Å²) < 4.78 is 43.2. The molecular weight excluding hydrogens is 492 g/mol. The molecule has 3 aromatic rings. The number of carbonyl (C=O) groups is 2. The molecule has 3 rings (SSSR count). The first-order chi connectivity index (χ1) is 16.7. The zero-order chi connectivity index (χ0) is 25.6. The maximum atomic E-state index is 12.6. The largest absolute Gasteiger partial charge is 0.493 e. The van der Waals surface area contributed by atoms with E-state index in [4.69, 9.17) is 14.2 Å². The minimum atomic E-state index is -3.50. The average Bonchev–Trinajstić information content (AvgIpc) is 3.13. The lowest BCUT2D eigenvalue weighted by atomic mass is 10.2. The van der Waals surface area contributed by atoms with Crippen molar-refractivity contribution in [3.8, 4) is 11.5 Å². The van der Waals surface area contributed by atoms with Crippen LogP contribution >= 0.6 is 11.3 Å². The first kappa shape index (κ1) is 26.4. The van der Waals surface area contributed by atoms with Crippen LogP contribution in [0.15, 0.2) is 46.3 Å². The highest BCUT2D eigenvalue weighted by Crippen LogP contribution is 2.33. The molecule has 0 radical (unpaired) electrons. The third-order valence-electron chi connectivity index (χ3n) is 5.18. The Kier molecular flexibility index (Phi) is 8.68. The van der Waals surface area contributed by atoms with Crippen LogP contribution in [0.1, 0.15) is 25.3 Å². The molecule has 0 aliphatic rings. The zero-order valence-electron chi connectivity index (χ0n) is 20.1. The van der Waals surface area contributed by atoms with Crippen LogP contribution in [-0.4, -0.2) is 51.4 Å². The summed E-state index contributed by atoms with van der Waals surface area (Å²) in [4.78, 5) is 29.6. The van der Waals surface area contributed by atoms with Crippen LogP contribution in [0.5, 0.6) is 11.5 Å². The molecule has 0 unspecified atom stereocenters. The molecule has 0 N–H and O–H groups in total. The van der Waals surface area contributed by atoms with Crippen LogP contribution in [0.25, 0.3) is 10.2 Å². The van der Waals surface area contributed by atoms with Gasteiger partial charge in [0.25, 0.3) is 0 Å². The van der Waals surface area contributed by atoms with Crippen molar-refractivity contribution in [3.05, 3.63) is 46.8 Å². The van der Waals surface area contributed by atoms with Crippen molar-refractivity contribution in [1.29, 1.82) is 0 Å². The van der Waals surface area contributed by atoms with E-state index < -0.39 is 21.7 Å². The lowest BCUT2D eigenvalue weighted by Gasteiger charge is -2.09. The van der Waals surface area contributed by atoms with Crippen molar-refractivity contribution in [3.63, 3.8) is 0 Å². The Labute approximate surface area is 207 Å². The van der Waals surface area contributed by atoms with Gasteiger partial charge in [-0.25, -0.2) is 8.42 Å². The Morgan fingerprint density at radius 3 is 2.34 bits per heavy atom. The molecule has 188 valence electrons. The van der Waals surface area contributed by atoms with Crippen LogP contribution in [0.4, 0.5) is 0 Å². The first-order valence-electron chi connectivity index (χ1n) is 11.0. The SMILES string of the molecule is CCOC(=O)Cn1c(=NC(=O)CCCS(=O)(=O)c2ccc(C)cc2)sc2cc(OC)c(OC)cc21. The lowest BCUT2D eigenvalue weighted by molar-refractivity contribution is -0.143. The predicted molar refractivity (Wildman–Crippen MR) is 133 cm³/mol. The molecule has 0 spiro atoms. The second-order valence-corrected chi connectivity index (χ2v) is 10.8. The fraction of sp³-hybridized carbons (Fsp3) is 0.375. The summed E-state index contributed by atoms with van der Waals surface area (Å²) in [6.07, 6.45) is 0.0777. The van der Waals surface area contributed by atoms with Crippen LogP contribution in [0.2, 0.25) is 0 Å². The van der Waals surface area contributed by atoms with Gasteiger partial charge >= 0.3 is 5.97 Å². The van der Waals surface area contributed by atoms with Crippen LogP contribution in [0, 0.1) is 6.92 Å². The fourth-order valence-electron chi connectivity index (χ4n) is 3.41. The molecule has 0 saturated heterocycles. The van der Waals surface area contributed by atoms with Gasteiger partial charge in [0.2, 0.25) is 5.91 Å². The molecule has 1 amide bonds. The van der Waals surface area contributed by atoms with Gasteiger partial charge in [-0.3, -0.25) is 9.59 Å². The van der Waals surface area contributed by atoms with Crippen LogP contribution < -0.4 is 14.3 Å². The number of esters is 1. The molecule has 35 heavy (non-hydrogen) atoms. The highest BCUT2D eigenvalue weighted by atomic mass is 32.2. The van der Waals surface area contributed by atoms with E-state index >= 15 is 0 Å². The number of rotatable bonds is 10. The van der Waals surface area contributed by atoms with Gasteiger partial charge in [0, 0.05) is 18.6 Å². The molecule has 0 saturated carbocycles. The molecule has 0 bridgehead atoms. The molecule has 1 heterocycles. The number of hydrogen-bond donors (Lipinski definition) is 0. The maximum absolute atomic E-state index is 12.6. The number of hydrogen-bond acceptors (Lipinski definition) is 8. The monoisotopic (exact) mass is 520 g/mol. The average molecular weight is 521 g/mol. The van der Waals surface area contributed by atoms with E-state index in [1.807, 2.05) is 6.92 Å². The van der Waals surface area contributed by atoms with Crippen molar-refractivity contribution in [2.45, 2.75) is 38.1 Å². The molecule has 0 fully saturated rings.